The van der Waals surface area contributed by atoms with Crippen molar-refractivity contribution in [2.45, 2.75) is 76.2 Å². The van der Waals surface area contributed by atoms with Gasteiger partial charge < -0.3 is 4.74 Å². The summed E-state index contributed by atoms with van der Waals surface area (Å²) in [5.74, 6) is 0.174. The van der Waals surface area contributed by atoms with Gasteiger partial charge in [-0.25, -0.2) is 0 Å². The fraction of sp³-hybridized carbons (Fsp3) is 0.941. The Morgan fingerprint density at radius 2 is 1.78 bits per heavy atom. The zero-order valence-corrected chi connectivity index (χ0v) is 14.9. The highest BCUT2D eigenvalue weighted by Gasteiger charge is 2.64. The summed E-state index contributed by atoms with van der Waals surface area (Å²) in [4.78, 5) is 11.9. The lowest BCUT2D eigenvalue weighted by atomic mass is 9.45. The average molecular weight is 350 g/mol. The zero-order valence-electron chi connectivity index (χ0n) is 14.1. The van der Waals surface area contributed by atoms with Crippen LogP contribution in [0.2, 0.25) is 0 Å². The lowest BCUT2D eigenvalue weighted by molar-refractivity contribution is -0.164. The number of rotatable bonds is 1. The van der Waals surface area contributed by atoms with E-state index in [0.717, 1.165) is 12.8 Å². The molecule has 0 aromatic rings. The maximum atomic E-state index is 12.9. The number of esters is 1. The maximum absolute atomic E-state index is 12.9. The largest absolute Gasteiger partial charge is 0.459 e. The number of fused-ring (bicyclic) bond motifs is 3. The molecule has 1 aliphatic heterocycles. The van der Waals surface area contributed by atoms with Gasteiger partial charge in [0.1, 0.15) is 5.60 Å². The van der Waals surface area contributed by atoms with Gasteiger partial charge in [-0.15, -0.1) is 0 Å². The third-order valence-corrected chi connectivity index (χ3v) is 7.58. The standard InChI is InChI=1S/C17H25F3O2S/c1-14(2)8-10(23-17(18,19)20)9-15(3)11(14)5-6-16(4)12(15)7-13(21)22-16/h10-12H,5-9H2,1-4H3. The molecule has 5 unspecified atom stereocenters. The van der Waals surface area contributed by atoms with E-state index in [2.05, 4.69) is 20.8 Å². The van der Waals surface area contributed by atoms with Gasteiger partial charge in [-0.3, -0.25) is 4.79 Å². The van der Waals surface area contributed by atoms with E-state index in [0.29, 0.717) is 25.2 Å². The van der Waals surface area contributed by atoms with Crippen LogP contribution < -0.4 is 0 Å². The topological polar surface area (TPSA) is 26.3 Å². The van der Waals surface area contributed by atoms with Gasteiger partial charge in [0.2, 0.25) is 0 Å². The normalized spacial score (nSPS) is 46.0. The number of carbonyl (C=O) groups excluding carboxylic acids is 1. The summed E-state index contributed by atoms with van der Waals surface area (Å²) >= 11 is 0.142. The first-order valence-corrected chi connectivity index (χ1v) is 9.20. The quantitative estimate of drug-likeness (QED) is 0.611. The molecule has 0 bridgehead atoms. The van der Waals surface area contributed by atoms with Crippen LogP contribution in [-0.4, -0.2) is 22.3 Å². The highest BCUT2D eigenvalue weighted by molar-refractivity contribution is 8.00. The van der Waals surface area contributed by atoms with Gasteiger partial charge in [0, 0.05) is 11.2 Å². The minimum absolute atomic E-state index is 0.0251. The van der Waals surface area contributed by atoms with Crippen LogP contribution in [0.1, 0.15) is 59.8 Å². The number of ether oxygens (including phenoxy) is 1. The highest BCUT2D eigenvalue weighted by Crippen LogP contribution is 2.66. The van der Waals surface area contributed by atoms with E-state index in [4.69, 9.17) is 4.74 Å². The molecule has 132 valence electrons. The van der Waals surface area contributed by atoms with Crippen molar-refractivity contribution in [1.29, 1.82) is 0 Å². The van der Waals surface area contributed by atoms with Gasteiger partial charge in [-0.05, 0) is 61.1 Å². The van der Waals surface area contributed by atoms with Crippen LogP contribution >= 0.6 is 11.8 Å². The molecule has 3 fully saturated rings. The summed E-state index contributed by atoms with van der Waals surface area (Å²) in [6, 6.07) is 0. The van der Waals surface area contributed by atoms with Crippen LogP contribution in [0, 0.1) is 22.7 Å². The Hall–Kier alpha value is -0.390. The Labute approximate surface area is 139 Å². The van der Waals surface area contributed by atoms with Crippen molar-refractivity contribution < 1.29 is 22.7 Å². The zero-order chi connectivity index (χ0) is 17.3. The summed E-state index contributed by atoms with van der Waals surface area (Å²) in [5.41, 5.74) is -5.13. The molecule has 2 aliphatic carbocycles. The summed E-state index contributed by atoms with van der Waals surface area (Å²) < 4.78 is 44.4. The van der Waals surface area contributed by atoms with Gasteiger partial charge in [0.05, 0.1) is 6.42 Å². The smallest absolute Gasteiger partial charge is 0.442 e. The van der Waals surface area contributed by atoms with Gasteiger partial charge >= 0.3 is 11.5 Å². The summed E-state index contributed by atoms with van der Waals surface area (Å²) in [6.45, 7) is 8.27. The van der Waals surface area contributed by atoms with Crippen molar-refractivity contribution >= 4 is 17.7 Å². The molecule has 3 aliphatic rings. The van der Waals surface area contributed by atoms with Gasteiger partial charge in [0.15, 0.2) is 0 Å². The molecule has 0 N–H and O–H groups in total. The maximum Gasteiger partial charge on any atom is 0.442 e. The van der Waals surface area contributed by atoms with Gasteiger partial charge in [-0.2, -0.15) is 13.2 Å². The van der Waals surface area contributed by atoms with E-state index in [1.165, 1.54) is 0 Å². The van der Waals surface area contributed by atoms with Crippen LogP contribution in [0.25, 0.3) is 0 Å². The third-order valence-electron chi connectivity index (χ3n) is 6.64. The van der Waals surface area contributed by atoms with E-state index in [1.807, 2.05) is 6.92 Å². The molecular weight excluding hydrogens is 325 g/mol. The average Bonchev–Trinajstić information content (AvgIpc) is 2.61. The number of thioether (sulfide) groups is 1. The molecule has 0 amide bonds. The Kier molecular flexibility index (Phi) is 3.83. The summed E-state index contributed by atoms with van der Waals surface area (Å²) in [6.07, 6.45) is 3.19. The van der Waals surface area contributed by atoms with Gasteiger partial charge in [0.25, 0.3) is 0 Å². The number of halogens is 3. The molecule has 1 saturated heterocycles. The fourth-order valence-corrected chi connectivity index (χ4v) is 7.38. The molecule has 5 atom stereocenters. The summed E-state index contributed by atoms with van der Waals surface area (Å²) in [7, 11) is 0. The van der Waals surface area contributed by atoms with E-state index < -0.39 is 16.4 Å². The summed E-state index contributed by atoms with van der Waals surface area (Å²) in [5, 5.41) is -0.440. The molecule has 2 nitrogen and oxygen atoms in total. The van der Waals surface area contributed by atoms with Crippen molar-refractivity contribution in [3.63, 3.8) is 0 Å². The van der Waals surface area contributed by atoms with Crippen LogP contribution in [-0.2, 0) is 9.53 Å². The number of hydrogen-bond acceptors (Lipinski definition) is 3. The molecule has 2 saturated carbocycles. The van der Waals surface area contributed by atoms with Crippen LogP contribution in [0.3, 0.4) is 0 Å². The van der Waals surface area contributed by atoms with Crippen molar-refractivity contribution in [2.24, 2.45) is 22.7 Å². The van der Waals surface area contributed by atoms with Crippen molar-refractivity contribution in [1.82, 2.24) is 0 Å². The number of carbonyl (C=O) groups is 1. The molecule has 6 heteroatoms. The molecular formula is C17H25F3O2S. The second-order valence-corrected chi connectivity index (χ2v) is 10.1. The van der Waals surface area contributed by atoms with Crippen molar-refractivity contribution in [2.75, 3.05) is 0 Å². The first-order chi connectivity index (χ1) is 10.4. The van der Waals surface area contributed by atoms with Crippen molar-refractivity contribution in [3.8, 4) is 0 Å². The SMILES string of the molecule is CC1(C)CC(SC(F)(F)F)CC2(C)C1CCC1(C)OC(=O)CC12. The van der Waals surface area contributed by atoms with E-state index in [1.54, 1.807) is 0 Å². The molecule has 3 rings (SSSR count). The molecule has 0 aromatic carbocycles. The minimum Gasteiger partial charge on any atom is -0.459 e. The van der Waals surface area contributed by atoms with Crippen LogP contribution in [0.15, 0.2) is 0 Å². The predicted molar refractivity (Wildman–Crippen MR) is 83.9 cm³/mol. The van der Waals surface area contributed by atoms with Crippen molar-refractivity contribution in [3.05, 3.63) is 0 Å². The second kappa shape index (κ2) is 5.06. The monoisotopic (exact) mass is 350 g/mol. The fourth-order valence-electron chi connectivity index (χ4n) is 6.05. The molecule has 0 radical (unpaired) electrons. The Morgan fingerprint density at radius 3 is 2.39 bits per heavy atom. The second-order valence-electron chi connectivity index (χ2n) is 8.72. The lowest BCUT2D eigenvalue weighted by Crippen LogP contribution is -2.58. The first-order valence-electron chi connectivity index (χ1n) is 8.32. The van der Waals surface area contributed by atoms with Crippen LogP contribution in [0.5, 0.6) is 0 Å². The molecule has 0 aromatic heterocycles. The number of alkyl halides is 3. The molecule has 23 heavy (non-hydrogen) atoms. The highest BCUT2D eigenvalue weighted by atomic mass is 32.2. The lowest BCUT2D eigenvalue weighted by Gasteiger charge is -2.61. The Bertz CT molecular complexity index is 518. The number of hydrogen-bond donors (Lipinski definition) is 0. The Morgan fingerprint density at radius 1 is 1.13 bits per heavy atom. The van der Waals surface area contributed by atoms with E-state index >= 15 is 0 Å². The van der Waals surface area contributed by atoms with Crippen LogP contribution in [0.4, 0.5) is 13.2 Å². The molecule has 1 heterocycles. The molecule has 0 spiro atoms. The first kappa shape index (κ1) is 17.4. The van der Waals surface area contributed by atoms with E-state index in [9.17, 15) is 18.0 Å². The third kappa shape index (κ3) is 2.89. The Balaban J connectivity index is 1.94. The van der Waals surface area contributed by atoms with E-state index in [-0.39, 0.29) is 34.5 Å². The predicted octanol–water partition coefficient (Wildman–Crippen LogP) is 5.17. The van der Waals surface area contributed by atoms with Gasteiger partial charge in [-0.1, -0.05) is 20.8 Å². The minimum atomic E-state index is -4.20.